The van der Waals surface area contributed by atoms with Crippen molar-refractivity contribution in [3.63, 3.8) is 0 Å². The summed E-state index contributed by atoms with van der Waals surface area (Å²) in [7, 11) is 0. The van der Waals surface area contributed by atoms with E-state index in [1.54, 1.807) is 11.5 Å². The van der Waals surface area contributed by atoms with Gasteiger partial charge in [-0.25, -0.2) is 0 Å². The predicted molar refractivity (Wildman–Crippen MR) is 122 cm³/mol. The number of para-hydroxylation sites is 1. The number of amides is 1. The number of nitrogens with zero attached hydrogens (tertiary/aromatic N) is 1. The van der Waals surface area contributed by atoms with E-state index in [1.807, 2.05) is 61.5 Å². The van der Waals surface area contributed by atoms with Gasteiger partial charge in [0.15, 0.2) is 0 Å². The van der Waals surface area contributed by atoms with Crippen molar-refractivity contribution in [3.05, 3.63) is 70.5 Å². The third-order valence-corrected chi connectivity index (χ3v) is 5.06. The molecule has 7 heteroatoms. The smallest absolute Gasteiger partial charge is 0.254 e. The summed E-state index contributed by atoms with van der Waals surface area (Å²) >= 11 is 0. The van der Waals surface area contributed by atoms with Gasteiger partial charge in [0.25, 0.3) is 5.56 Å². The summed E-state index contributed by atoms with van der Waals surface area (Å²) in [6.07, 6.45) is 0.489. The number of primary amides is 1. The van der Waals surface area contributed by atoms with E-state index in [0.717, 1.165) is 16.7 Å². The van der Waals surface area contributed by atoms with E-state index >= 15 is 0 Å². The molecule has 0 aliphatic heterocycles. The maximum absolute atomic E-state index is 13.2. The Morgan fingerprint density at radius 1 is 1.13 bits per heavy atom. The maximum Gasteiger partial charge on any atom is 0.254 e. The highest BCUT2D eigenvalue weighted by Gasteiger charge is 2.12. The van der Waals surface area contributed by atoms with Crippen LogP contribution in [0.1, 0.15) is 19.4 Å². The van der Waals surface area contributed by atoms with Crippen molar-refractivity contribution < 1.29 is 14.3 Å². The molecule has 3 aromatic rings. The van der Waals surface area contributed by atoms with Gasteiger partial charge in [0.1, 0.15) is 11.5 Å². The molecule has 7 nitrogen and oxygen atoms in total. The standard InChI is InChI=1S/C24H29N3O4/c1-3-30-14-13-27-22-16-21(31-20-7-5-4-6-8-20)10-9-18(22)15-19(24(27)29)11-12-26-17(2)23(25)28/h4-10,15-17,26H,3,11-14H2,1-2H3,(H2,25,28)/t17-/m0/s1. The van der Waals surface area contributed by atoms with E-state index in [4.69, 9.17) is 15.2 Å². The molecule has 31 heavy (non-hydrogen) atoms. The van der Waals surface area contributed by atoms with Crippen molar-refractivity contribution in [3.8, 4) is 11.5 Å². The molecule has 164 valence electrons. The Morgan fingerprint density at radius 3 is 2.61 bits per heavy atom. The zero-order valence-electron chi connectivity index (χ0n) is 18.0. The first-order valence-electron chi connectivity index (χ1n) is 10.5. The van der Waals surface area contributed by atoms with Gasteiger partial charge >= 0.3 is 0 Å². The number of nitrogens with two attached hydrogens (primary N) is 1. The lowest BCUT2D eigenvalue weighted by Crippen LogP contribution is -2.40. The maximum atomic E-state index is 13.2. The van der Waals surface area contributed by atoms with Gasteiger partial charge in [0, 0.05) is 31.3 Å². The number of hydrogen-bond acceptors (Lipinski definition) is 5. The predicted octanol–water partition coefficient (Wildman–Crippen LogP) is 2.84. The third-order valence-electron chi connectivity index (χ3n) is 5.06. The van der Waals surface area contributed by atoms with Gasteiger partial charge in [-0.15, -0.1) is 0 Å². The van der Waals surface area contributed by atoms with Gasteiger partial charge in [-0.05, 0) is 56.0 Å². The Bertz CT molecular complexity index is 1080. The van der Waals surface area contributed by atoms with E-state index in [2.05, 4.69) is 5.32 Å². The van der Waals surface area contributed by atoms with Gasteiger partial charge in [-0.1, -0.05) is 18.2 Å². The van der Waals surface area contributed by atoms with Gasteiger partial charge in [0.05, 0.1) is 18.2 Å². The minimum atomic E-state index is -0.446. The summed E-state index contributed by atoms with van der Waals surface area (Å²) in [5, 5.41) is 3.99. The molecular weight excluding hydrogens is 394 g/mol. The van der Waals surface area contributed by atoms with E-state index in [-0.39, 0.29) is 5.56 Å². The van der Waals surface area contributed by atoms with Crippen LogP contribution in [0.2, 0.25) is 0 Å². The zero-order valence-corrected chi connectivity index (χ0v) is 18.0. The molecular formula is C24H29N3O4. The largest absolute Gasteiger partial charge is 0.457 e. The molecule has 0 radical (unpaired) electrons. The molecule has 1 amide bonds. The molecule has 0 saturated carbocycles. The van der Waals surface area contributed by atoms with Crippen molar-refractivity contribution in [1.29, 1.82) is 0 Å². The van der Waals surface area contributed by atoms with Crippen LogP contribution in [0.15, 0.2) is 59.4 Å². The van der Waals surface area contributed by atoms with E-state index in [0.29, 0.717) is 44.0 Å². The van der Waals surface area contributed by atoms with Crippen LogP contribution in [0.5, 0.6) is 11.5 Å². The number of carbonyl (C=O) groups excluding carboxylic acids is 1. The van der Waals surface area contributed by atoms with Crippen LogP contribution in [-0.2, 0) is 22.5 Å². The fraction of sp³-hybridized carbons (Fsp3) is 0.333. The lowest BCUT2D eigenvalue weighted by atomic mass is 10.1. The highest BCUT2D eigenvalue weighted by Crippen LogP contribution is 2.25. The van der Waals surface area contributed by atoms with E-state index in [1.165, 1.54) is 0 Å². The van der Waals surface area contributed by atoms with Crippen LogP contribution in [-0.4, -0.2) is 36.3 Å². The van der Waals surface area contributed by atoms with Crippen molar-refractivity contribution >= 4 is 16.8 Å². The van der Waals surface area contributed by atoms with Gasteiger partial charge in [-0.3, -0.25) is 9.59 Å². The number of ether oxygens (including phenoxy) is 2. The molecule has 3 N–H and O–H groups in total. The second-order valence-corrected chi connectivity index (χ2v) is 7.29. The summed E-state index contributed by atoms with van der Waals surface area (Å²) in [5.41, 5.74) is 6.68. The van der Waals surface area contributed by atoms with Crippen LogP contribution in [0.4, 0.5) is 0 Å². The Labute approximate surface area is 181 Å². The molecule has 0 aliphatic carbocycles. The van der Waals surface area contributed by atoms with Crippen molar-refractivity contribution in [1.82, 2.24) is 9.88 Å². The number of pyridine rings is 1. The molecule has 0 aliphatic rings. The number of fused-ring (bicyclic) bond motifs is 1. The van der Waals surface area contributed by atoms with Gasteiger partial charge in [-0.2, -0.15) is 0 Å². The zero-order chi connectivity index (χ0) is 22.2. The van der Waals surface area contributed by atoms with Crippen LogP contribution >= 0.6 is 0 Å². The van der Waals surface area contributed by atoms with E-state index in [9.17, 15) is 9.59 Å². The molecule has 0 unspecified atom stereocenters. The highest BCUT2D eigenvalue weighted by molar-refractivity contribution is 5.81. The molecule has 0 spiro atoms. The van der Waals surface area contributed by atoms with Crippen molar-refractivity contribution in [2.75, 3.05) is 19.8 Å². The van der Waals surface area contributed by atoms with Gasteiger partial charge < -0.3 is 25.1 Å². The van der Waals surface area contributed by atoms with Gasteiger partial charge in [0.2, 0.25) is 5.91 Å². The molecule has 0 saturated heterocycles. The number of hydrogen-bond donors (Lipinski definition) is 2. The second kappa shape index (κ2) is 10.7. The highest BCUT2D eigenvalue weighted by atomic mass is 16.5. The Hall–Kier alpha value is -3.16. The summed E-state index contributed by atoms with van der Waals surface area (Å²) < 4.78 is 13.2. The van der Waals surface area contributed by atoms with Crippen LogP contribution in [0.3, 0.4) is 0 Å². The SMILES string of the molecule is CCOCCn1c(=O)c(CCN[C@@H](C)C(N)=O)cc2ccc(Oc3ccccc3)cc21. The van der Waals surface area contributed by atoms with Crippen molar-refractivity contribution in [2.45, 2.75) is 32.9 Å². The fourth-order valence-corrected chi connectivity index (χ4v) is 3.32. The fourth-order valence-electron chi connectivity index (χ4n) is 3.32. The number of rotatable bonds is 11. The molecule has 1 atom stereocenters. The Balaban J connectivity index is 1.91. The molecule has 1 heterocycles. The molecule has 2 aromatic carbocycles. The second-order valence-electron chi connectivity index (χ2n) is 7.29. The number of nitrogens with one attached hydrogen (secondary N) is 1. The molecule has 1 aromatic heterocycles. The first-order chi connectivity index (χ1) is 15.0. The molecule has 3 rings (SSSR count). The average Bonchev–Trinajstić information content (AvgIpc) is 2.76. The quantitative estimate of drug-likeness (QED) is 0.463. The minimum Gasteiger partial charge on any atom is -0.457 e. The lowest BCUT2D eigenvalue weighted by Gasteiger charge is -2.15. The van der Waals surface area contributed by atoms with Crippen molar-refractivity contribution in [2.24, 2.45) is 5.73 Å². The number of carbonyl (C=O) groups is 1. The monoisotopic (exact) mass is 423 g/mol. The van der Waals surface area contributed by atoms with Crippen LogP contribution < -0.4 is 21.3 Å². The normalized spacial score (nSPS) is 12.1. The summed E-state index contributed by atoms with van der Waals surface area (Å²) in [5.74, 6) is 0.975. The minimum absolute atomic E-state index is 0.0717. The summed E-state index contributed by atoms with van der Waals surface area (Å²) in [6, 6.07) is 16.7. The van der Waals surface area contributed by atoms with Crippen LogP contribution in [0.25, 0.3) is 10.9 Å². The third kappa shape index (κ3) is 5.93. The molecule has 0 fully saturated rings. The average molecular weight is 424 g/mol. The first-order valence-corrected chi connectivity index (χ1v) is 10.5. The van der Waals surface area contributed by atoms with Crippen LogP contribution in [0, 0.1) is 0 Å². The Morgan fingerprint density at radius 2 is 1.90 bits per heavy atom. The first kappa shape index (κ1) is 22.5. The Kier molecular flexibility index (Phi) is 7.81. The molecule has 0 bridgehead atoms. The number of aromatic nitrogens is 1. The number of benzene rings is 2. The summed E-state index contributed by atoms with van der Waals surface area (Å²) in [4.78, 5) is 24.4. The topological polar surface area (TPSA) is 95.6 Å². The summed E-state index contributed by atoms with van der Waals surface area (Å²) in [6.45, 7) is 5.58. The lowest BCUT2D eigenvalue weighted by molar-refractivity contribution is -0.119. The van der Waals surface area contributed by atoms with E-state index < -0.39 is 11.9 Å².